The summed E-state index contributed by atoms with van der Waals surface area (Å²) in [7, 11) is 1.81. The quantitative estimate of drug-likeness (QED) is 0.303. The second-order valence-electron chi connectivity index (χ2n) is 6.67. The van der Waals surface area contributed by atoms with Gasteiger partial charge in [0, 0.05) is 13.6 Å². The highest BCUT2D eigenvalue weighted by Gasteiger charge is 2.12. The molecule has 0 radical (unpaired) electrons. The Hall–Kier alpha value is -1.95. The highest BCUT2D eigenvalue weighted by atomic mass is 16.5. The van der Waals surface area contributed by atoms with E-state index in [9.17, 15) is 0 Å². The Bertz CT molecular complexity index is 574. The first-order chi connectivity index (χ1) is 13.6. The highest BCUT2D eigenvalue weighted by Crippen LogP contribution is 2.30. The molecule has 1 atom stereocenters. The predicted molar refractivity (Wildman–Crippen MR) is 119 cm³/mol. The van der Waals surface area contributed by atoms with Crippen LogP contribution in [-0.2, 0) is 0 Å². The number of nitrogens with one attached hydrogen (secondary N) is 2. The maximum atomic E-state index is 5.74. The topological polar surface area (TPSA) is 58.1 Å². The number of hydrogen-bond donors (Lipinski definition) is 2. The minimum atomic E-state index is 0.108. The van der Waals surface area contributed by atoms with Crippen LogP contribution in [0.3, 0.4) is 0 Å². The Morgan fingerprint density at radius 3 is 2.32 bits per heavy atom. The largest absolute Gasteiger partial charge is 0.490 e. The van der Waals surface area contributed by atoms with Gasteiger partial charge in [0.15, 0.2) is 17.5 Å². The van der Waals surface area contributed by atoms with E-state index in [1.807, 2.05) is 33.0 Å². The van der Waals surface area contributed by atoms with Gasteiger partial charge in [-0.15, -0.1) is 0 Å². The van der Waals surface area contributed by atoms with Crippen LogP contribution in [0, 0.1) is 0 Å². The number of rotatable bonds is 13. The standard InChI is InChI=1S/C22H40N4O2/c1-7-26(8-2)16-12-11-15-24-22(23-6)25-18(5)19-13-14-20(27-9-3)21(17-19)28-10-4/h13-14,17-18H,7-12,15-16H2,1-6H3,(H2,23,24,25). The van der Waals surface area contributed by atoms with E-state index in [0.29, 0.717) is 13.2 Å². The van der Waals surface area contributed by atoms with Gasteiger partial charge < -0.3 is 25.0 Å². The van der Waals surface area contributed by atoms with Gasteiger partial charge in [-0.2, -0.15) is 0 Å². The Balaban J connectivity index is 2.54. The molecule has 6 heteroatoms. The van der Waals surface area contributed by atoms with Gasteiger partial charge in [-0.3, -0.25) is 4.99 Å². The summed E-state index contributed by atoms with van der Waals surface area (Å²) in [6.07, 6.45) is 2.32. The summed E-state index contributed by atoms with van der Waals surface area (Å²) in [5.41, 5.74) is 1.14. The molecular formula is C22H40N4O2. The third-order valence-corrected chi connectivity index (χ3v) is 4.73. The van der Waals surface area contributed by atoms with Crippen LogP contribution in [-0.4, -0.2) is 57.3 Å². The molecule has 0 aromatic heterocycles. The first kappa shape index (κ1) is 24.1. The molecule has 0 aliphatic heterocycles. The molecule has 1 unspecified atom stereocenters. The fourth-order valence-corrected chi connectivity index (χ4v) is 3.03. The van der Waals surface area contributed by atoms with Crippen molar-refractivity contribution >= 4 is 5.96 Å². The number of benzene rings is 1. The van der Waals surface area contributed by atoms with E-state index in [-0.39, 0.29) is 6.04 Å². The maximum absolute atomic E-state index is 5.74. The minimum absolute atomic E-state index is 0.108. The molecule has 0 heterocycles. The van der Waals surface area contributed by atoms with Crippen LogP contribution in [0.2, 0.25) is 0 Å². The molecule has 1 aromatic rings. The molecule has 2 N–H and O–H groups in total. The number of aliphatic imine (C=N–C) groups is 1. The predicted octanol–water partition coefficient (Wildman–Crippen LogP) is 3.83. The second-order valence-corrected chi connectivity index (χ2v) is 6.67. The minimum Gasteiger partial charge on any atom is -0.490 e. The summed E-state index contributed by atoms with van der Waals surface area (Å²) >= 11 is 0. The third kappa shape index (κ3) is 8.38. The van der Waals surface area contributed by atoms with Crippen molar-refractivity contribution in [2.24, 2.45) is 4.99 Å². The number of guanidine groups is 1. The molecule has 0 saturated carbocycles. The number of ether oxygens (including phenoxy) is 2. The molecule has 0 amide bonds. The fraction of sp³-hybridized carbons (Fsp3) is 0.682. The average molecular weight is 393 g/mol. The van der Waals surface area contributed by atoms with Crippen LogP contribution in [0.4, 0.5) is 0 Å². The lowest BCUT2D eigenvalue weighted by molar-refractivity contribution is 0.287. The smallest absolute Gasteiger partial charge is 0.191 e. The van der Waals surface area contributed by atoms with Crippen LogP contribution in [0.1, 0.15) is 59.1 Å². The molecule has 0 fully saturated rings. The Morgan fingerprint density at radius 1 is 1.04 bits per heavy atom. The number of hydrogen-bond acceptors (Lipinski definition) is 4. The summed E-state index contributed by atoms with van der Waals surface area (Å²) in [6, 6.07) is 6.20. The van der Waals surface area contributed by atoms with Gasteiger partial charge >= 0.3 is 0 Å². The lowest BCUT2D eigenvalue weighted by atomic mass is 10.1. The maximum Gasteiger partial charge on any atom is 0.191 e. The van der Waals surface area contributed by atoms with Gasteiger partial charge in [0.05, 0.1) is 19.3 Å². The lowest BCUT2D eigenvalue weighted by Crippen LogP contribution is -2.39. The van der Waals surface area contributed by atoms with Crippen molar-refractivity contribution in [3.05, 3.63) is 23.8 Å². The zero-order valence-corrected chi connectivity index (χ0v) is 18.7. The summed E-state index contributed by atoms with van der Waals surface area (Å²) < 4.78 is 11.4. The van der Waals surface area contributed by atoms with Crippen LogP contribution in [0.25, 0.3) is 0 Å². The molecule has 0 saturated heterocycles. The van der Waals surface area contributed by atoms with Crippen molar-refractivity contribution in [1.29, 1.82) is 0 Å². The second kappa shape index (κ2) is 14.1. The Labute approximate surface area is 171 Å². The average Bonchev–Trinajstić information content (AvgIpc) is 2.71. The first-order valence-corrected chi connectivity index (χ1v) is 10.7. The molecule has 0 spiro atoms. The van der Waals surface area contributed by atoms with E-state index in [1.54, 1.807) is 0 Å². The van der Waals surface area contributed by atoms with E-state index in [1.165, 1.54) is 6.42 Å². The molecule has 6 nitrogen and oxygen atoms in total. The molecule has 1 rings (SSSR count). The molecule has 160 valence electrons. The van der Waals surface area contributed by atoms with E-state index in [4.69, 9.17) is 9.47 Å². The Kier molecular flexibility index (Phi) is 12.1. The zero-order valence-electron chi connectivity index (χ0n) is 18.7. The van der Waals surface area contributed by atoms with Gasteiger partial charge in [-0.05, 0) is 70.9 Å². The van der Waals surface area contributed by atoms with Crippen molar-refractivity contribution in [3.63, 3.8) is 0 Å². The van der Waals surface area contributed by atoms with Gasteiger partial charge in [0.1, 0.15) is 0 Å². The summed E-state index contributed by atoms with van der Waals surface area (Å²) in [5, 5.41) is 6.87. The summed E-state index contributed by atoms with van der Waals surface area (Å²) in [6.45, 7) is 16.1. The fourth-order valence-electron chi connectivity index (χ4n) is 3.03. The molecule has 0 bridgehead atoms. The van der Waals surface area contributed by atoms with E-state index < -0.39 is 0 Å². The Morgan fingerprint density at radius 2 is 1.71 bits per heavy atom. The van der Waals surface area contributed by atoms with Crippen LogP contribution in [0.5, 0.6) is 11.5 Å². The van der Waals surface area contributed by atoms with Gasteiger partial charge in [0.2, 0.25) is 0 Å². The number of nitrogens with zero attached hydrogens (tertiary/aromatic N) is 2. The van der Waals surface area contributed by atoms with Crippen LogP contribution in [0.15, 0.2) is 23.2 Å². The molecular weight excluding hydrogens is 352 g/mol. The van der Waals surface area contributed by atoms with E-state index in [0.717, 1.165) is 55.6 Å². The number of unbranched alkanes of at least 4 members (excludes halogenated alkanes) is 1. The summed E-state index contributed by atoms with van der Waals surface area (Å²) in [4.78, 5) is 6.81. The molecule has 0 aliphatic rings. The summed E-state index contributed by atoms with van der Waals surface area (Å²) in [5.74, 6) is 2.40. The van der Waals surface area contributed by atoms with Gasteiger partial charge in [0.25, 0.3) is 0 Å². The molecule has 0 aliphatic carbocycles. The molecule has 28 heavy (non-hydrogen) atoms. The van der Waals surface area contributed by atoms with E-state index >= 15 is 0 Å². The van der Waals surface area contributed by atoms with E-state index in [2.05, 4.69) is 47.4 Å². The van der Waals surface area contributed by atoms with Gasteiger partial charge in [-0.25, -0.2) is 0 Å². The van der Waals surface area contributed by atoms with Crippen molar-refractivity contribution in [2.45, 2.75) is 53.5 Å². The SMILES string of the molecule is CCOc1ccc(C(C)NC(=NC)NCCCCN(CC)CC)cc1OCC. The first-order valence-electron chi connectivity index (χ1n) is 10.7. The van der Waals surface area contributed by atoms with Crippen molar-refractivity contribution in [2.75, 3.05) is 46.4 Å². The lowest BCUT2D eigenvalue weighted by Gasteiger charge is -2.20. The normalized spacial score (nSPS) is 12.8. The van der Waals surface area contributed by atoms with Crippen LogP contribution >= 0.6 is 0 Å². The van der Waals surface area contributed by atoms with Crippen molar-refractivity contribution in [1.82, 2.24) is 15.5 Å². The third-order valence-electron chi connectivity index (χ3n) is 4.73. The highest BCUT2D eigenvalue weighted by molar-refractivity contribution is 5.80. The molecule has 1 aromatic carbocycles. The van der Waals surface area contributed by atoms with Crippen molar-refractivity contribution in [3.8, 4) is 11.5 Å². The van der Waals surface area contributed by atoms with Gasteiger partial charge in [-0.1, -0.05) is 19.9 Å². The zero-order chi connectivity index (χ0) is 20.8. The van der Waals surface area contributed by atoms with Crippen molar-refractivity contribution < 1.29 is 9.47 Å². The monoisotopic (exact) mass is 392 g/mol. The van der Waals surface area contributed by atoms with Crippen LogP contribution < -0.4 is 20.1 Å².